The van der Waals surface area contributed by atoms with Crippen LogP contribution in [0.25, 0.3) is 0 Å². The maximum atomic E-state index is 8.63. The van der Waals surface area contributed by atoms with Gasteiger partial charge in [0, 0.05) is 18.6 Å². The van der Waals surface area contributed by atoms with Gasteiger partial charge in [0.25, 0.3) is 0 Å². The third-order valence-electron chi connectivity index (χ3n) is 4.87. The van der Waals surface area contributed by atoms with Gasteiger partial charge in [0.15, 0.2) is 0 Å². The van der Waals surface area contributed by atoms with E-state index >= 15 is 0 Å². The molecule has 118 valence electrons. The third kappa shape index (κ3) is 5.32. The first-order valence-electron chi connectivity index (χ1n) is 8.45. The fraction of sp³-hybridized carbons (Fsp3) is 1.00. The van der Waals surface area contributed by atoms with Crippen LogP contribution in [0, 0.1) is 5.92 Å². The number of hydrogen-bond donors (Lipinski definition) is 2. The van der Waals surface area contributed by atoms with Gasteiger partial charge < -0.3 is 20.1 Å². The van der Waals surface area contributed by atoms with Crippen LogP contribution in [0.15, 0.2) is 0 Å². The van der Waals surface area contributed by atoms with Crippen molar-refractivity contribution in [3.63, 3.8) is 0 Å². The lowest BCUT2D eigenvalue weighted by Gasteiger charge is -2.41. The smallest absolute Gasteiger partial charge is 0.0698 e. The molecule has 4 nitrogen and oxygen atoms in total. The number of ether oxygens (including phenoxy) is 1. The number of nitrogens with zero attached hydrogens (tertiary/aromatic N) is 1. The van der Waals surface area contributed by atoms with Crippen LogP contribution in [-0.2, 0) is 4.74 Å². The van der Waals surface area contributed by atoms with E-state index in [0.717, 1.165) is 18.5 Å². The number of rotatable bonds is 7. The van der Waals surface area contributed by atoms with Crippen molar-refractivity contribution < 1.29 is 9.84 Å². The number of nitrogens with one attached hydrogen (secondary N) is 1. The van der Waals surface area contributed by atoms with Gasteiger partial charge >= 0.3 is 0 Å². The van der Waals surface area contributed by atoms with Crippen LogP contribution in [0.3, 0.4) is 0 Å². The molecule has 0 radical (unpaired) electrons. The van der Waals surface area contributed by atoms with Crippen LogP contribution in [0.1, 0.15) is 45.4 Å². The molecule has 0 spiro atoms. The van der Waals surface area contributed by atoms with Gasteiger partial charge in [-0.25, -0.2) is 0 Å². The van der Waals surface area contributed by atoms with Crippen LogP contribution < -0.4 is 5.32 Å². The fourth-order valence-corrected chi connectivity index (χ4v) is 3.70. The van der Waals surface area contributed by atoms with E-state index < -0.39 is 0 Å². The number of aliphatic hydroxyl groups excluding tert-OH is 1. The first kappa shape index (κ1) is 16.2. The minimum Gasteiger partial charge on any atom is -0.394 e. The summed E-state index contributed by atoms with van der Waals surface area (Å²) in [7, 11) is 0. The lowest BCUT2D eigenvalue weighted by Crippen LogP contribution is -2.48. The van der Waals surface area contributed by atoms with E-state index in [1.54, 1.807) is 0 Å². The molecule has 4 heteroatoms. The lowest BCUT2D eigenvalue weighted by atomic mass is 9.85. The lowest BCUT2D eigenvalue weighted by molar-refractivity contribution is 0.0827. The zero-order chi connectivity index (χ0) is 14.2. The quantitative estimate of drug-likeness (QED) is 0.698. The normalized spacial score (nSPS) is 29.7. The fourth-order valence-electron chi connectivity index (χ4n) is 3.70. The topological polar surface area (TPSA) is 44.7 Å². The van der Waals surface area contributed by atoms with Gasteiger partial charge in [-0.3, -0.25) is 0 Å². The second-order valence-corrected chi connectivity index (χ2v) is 6.53. The second-order valence-electron chi connectivity index (χ2n) is 6.53. The zero-order valence-electron chi connectivity index (χ0n) is 13.0. The largest absolute Gasteiger partial charge is 0.394 e. The van der Waals surface area contributed by atoms with Crippen molar-refractivity contribution in [3.8, 4) is 0 Å². The minimum absolute atomic E-state index is 0.123. The van der Waals surface area contributed by atoms with Crippen LogP contribution >= 0.6 is 0 Å². The van der Waals surface area contributed by atoms with Crippen LogP contribution in [-0.4, -0.2) is 61.5 Å². The molecular formula is C16H32N2O2. The van der Waals surface area contributed by atoms with E-state index in [9.17, 15) is 0 Å². The molecule has 1 heterocycles. The maximum absolute atomic E-state index is 8.63. The van der Waals surface area contributed by atoms with Crippen molar-refractivity contribution >= 4 is 0 Å². The molecule has 0 amide bonds. The van der Waals surface area contributed by atoms with Crippen molar-refractivity contribution in [1.29, 1.82) is 0 Å². The Kier molecular flexibility index (Phi) is 7.28. The van der Waals surface area contributed by atoms with Crippen molar-refractivity contribution in [1.82, 2.24) is 10.2 Å². The summed E-state index contributed by atoms with van der Waals surface area (Å²) in [4.78, 5) is 2.73. The Morgan fingerprint density at radius 2 is 1.95 bits per heavy atom. The van der Waals surface area contributed by atoms with Gasteiger partial charge in [0.2, 0.25) is 0 Å². The van der Waals surface area contributed by atoms with Crippen molar-refractivity contribution in [2.75, 3.05) is 39.5 Å². The van der Waals surface area contributed by atoms with E-state index in [1.807, 2.05) is 0 Å². The third-order valence-corrected chi connectivity index (χ3v) is 4.87. The van der Waals surface area contributed by atoms with Gasteiger partial charge in [0.05, 0.1) is 19.8 Å². The summed E-state index contributed by atoms with van der Waals surface area (Å²) in [6.07, 6.45) is 8.22. The van der Waals surface area contributed by atoms with Crippen LogP contribution in [0.5, 0.6) is 0 Å². The highest BCUT2D eigenvalue weighted by atomic mass is 16.5. The van der Waals surface area contributed by atoms with Crippen molar-refractivity contribution in [2.45, 2.75) is 57.5 Å². The van der Waals surface area contributed by atoms with Gasteiger partial charge in [0.1, 0.15) is 0 Å². The molecule has 2 unspecified atom stereocenters. The van der Waals surface area contributed by atoms with Gasteiger partial charge in [-0.15, -0.1) is 0 Å². The summed E-state index contributed by atoms with van der Waals surface area (Å²) in [5.74, 6) is 0.924. The molecule has 0 aromatic heterocycles. The number of aliphatic hydroxyl groups is 1. The Labute approximate surface area is 123 Å². The molecule has 1 aliphatic carbocycles. The van der Waals surface area contributed by atoms with Crippen LogP contribution in [0.4, 0.5) is 0 Å². The summed E-state index contributed by atoms with van der Waals surface area (Å²) >= 11 is 0. The molecule has 2 atom stereocenters. The average Bonchev–Trinajstić information content (AvgIpc) is 2.48. The van der Waals surface area contributed by atoms with E-state index in [2.05, 4.69) is 17.1 Å². The molecule has 0 bridgehead atoms. The molecule has 2 aliphatic rings. The molecule has 1 saturated carbocycles. The number of piperidine rings is 1. The Balaban J connectivity index is 1.57. The Morgan fingerprint density at radius 1 is 1.15 bits per heavy atom. The molecule has 2 N–H and O–H groups in total. The van der Waals surface area contributed by atoms with E-state index in [0.29, 0.717) is 19.3 Å². The Bertz CT molecular complexity index is 255. The van der Waals surface area contributed by atoms with Crippen LogP contribution in [0.2, 0.25) is 0 Å². The Morgan fingerprint density at radius 3 is 2.65 bits per heavy atom. The molecule has 20 heavy (non-hydrogen) atoms. The van der Waals surface area contributed by atoms with Gasteiger partial charge in [-0.1, -0.05) is 19.8 Å². The summed E-state index contributed by atoms with van der Waals surface area (Å²) in [5.41, 5.74) is 0. The highest BCUT2D eigenvalue weighted by molar-refractivity contribution is 4.84. The molecule has 2 rings (SSSR count). The maximum Gasteiger partial charge on any atom is 0.0698 e. The summed E-state index contributed by atoms with van der Waals surface area (Å²) < 4.78 is 5.28. The predicted octanol–water partition coefficient (Wildman–Crippen LogP) is 1.63. The molecule has 0 aromatic rings. The zero-order valence-corrected chi connectivity index (χ0v) is 13.0. The summed E-state index contributed by atoms with van der Waals surface area (Å²) in [6, 6.07) is 1.51. The van der Waals surface area contributed by atoms with E-state index in [4.69, 9.17) is 9.84 Å². The molecule has 1 saturated heterocycles. The number of hydrogen-bond acceptors (Lipinski definition) is 4. The second kappa shape index (κ2) is 8.98. The van der Waals surface area contributed by atoms with Gasteiger partial charge in [-0.05, 0) is 44.7 Å². The molecular weight excluding hydrogens is 252 g/mol. The molecule has 1 aliphatic heterocycles. The van der Waals surface area contributed by atoms with E-state index in [-0.39, 0.29) is 6.61 Å². The van der Waals surface area contributed by atoms with Crippen molar-refractivity contribution in [3.05, 3.63) is 0 Å². The van der Waals surface area contributed by atoms with E-state index in [1.165, 1.54) is 51.6 Å². The molecule has 2 fully saturated rings. The Hall–Kier alpha value is -0.160. The van der Waals surface area contributed by atoms with Crippen molar-refractivity contribution in [2.24, 2.45) is 5.92 Å². The van der Waals surface area contributed by atoms with Gasteiger partial charge in [-0.2, -0.15) is 0 Å². The highest BCUT2D eigenvalue weighted by Crippen LogP contribution is 2.29. The summed E-state index contributed by atoms with van der Waals surface area (Å²) in [5, 5.41) is 12.2. The molecule has 0 aromatic carbocycles. The SMILES string of the molecule is CC1CCCC(N2CCC(NCCOCCO)CC2)C1. The number of likely N-dealkylation sites (tertiary alicyclic amines) is 1. The first-order valence-corrected chi connectivity index (χ1v) is 8.45. The predicted molar refractivity (Wildman–Crippen MR) is 81.9 cm³/mol. The standard InChI is InChI=1S/C16H32N2O2/c1-14-3-2-4-16(13-14)18-8-5-15(6-9-18)17-7-11-20-12-10-19/h14-17,19H,2-13H2,1H3. The average molecular weight is 284 g/mol. The minimum atomic E-state index is 0.123. The first-order chi connectivity index (χ1) is 9.79. The summed E-state index contributed by atoms with van der Waals surface area (Å²) in [6.45, 7) is 7.12. The highest BCUT2D eigenvalue weighted by Gasteiger charge is 2.27. The monoisotopic (exact) mass is 284 g/mol.